The van der Waals surface area contributed by atoms with E-state index in [4.69, 9.17) is 4.74 Å². The molecule has 0 bridgehead atoms. The van der Waals surface area contributed by atoms with Gasteiger partial charge in [-0.15, -0.1) is 0 Å². The highest BCUT2D eigenvalue weighted by Gasteiger charge is 2.42. The molecular formula is C18H20N2O. The Labute approximate surface area is 125 Å². The van der Waals surface area contributed by atoms with Crippen LogP contribution in [-0.2, 0) is 0 Å². The fraction of sp³-hybridized carbons (Fsp3) is 0.389. The van der Waals surface area contributed by atoms with Crippen LogP contribution in [0.5, 0.6) is 5.75 Å². The molecule has 21 heavy (non-hydrogen) atoms. The molecule has 2 atom stereocenters. The third-order valence-electron chi connectivity index (χ3n) is 4.55. The number of rotatable bonds is 5. The van der Waals surface area contributed by atoms with Crippen molar-refractivity contribution in [3.05, 3.63) is 48.7 Å². The summed E-state index contributed by atoms with van der Waals surface area (Å²) in [6.45, 7) is 2.00. The van der Waals surface area contributed by atoms with Gasteiger partial charge in [-0.05, 0) is 25.0 Å². The van der Waals surface area contributed by atoms with Crippen LogP contribution in [0.15, 0.2) is 48.7 Å². The van der Waals surface area contributed by atoms with E-state index in [1.54, 1.807) is 0 Å². The van der Waals surface area contributed by atoms with Crippen LogP contribution < -0.4 is 4.74 Å². The Bertz CT molecular complexity index is 592. The molecular weight excluding hydrogens is 260 g/mol. The van der Waals surface area contributed by atoms with E-state index in [0.29, 0.717) is 6.04 Å². The molecule has 4 rings (SSSR count). The van der Waals surface area contributed by atoms with E-state index in [-0.39, 0.29) is 0 Å². The summed E-state index contributed by atoms with van der Waals surface area (Å²) in [6, 6.07) is 15.7. The van der Waals surface area contributed by atoms with Crippen molar-refractivity contribution in [3.8, 4) is 17.0 Å². The highest BCUT2D eigenvalue weighted by molar-refractivity contribution is 5.58. The third kappa shape index (κ3) is 2.79. The number of hydrogen-bond donors (Lipinski definition) is 0. The first-order valence-corrected chi connectivity index (χ1v) is 7.80. The molecule has 0 radical (unpaired) electrons. The van der Waals surface area contributed by atoms with Crippen LogP contribution in [0, 0.1) is 0 Å². The fourth-order valence-electron chi connectivity index (χ4n) is 2.95. The van der Waals surface area contributed by atoms with Gasteiger partial charge in [-0.25, -0.2) is 0 Å². The molecule has 1 saturated heterocycles. The molecule has 1 aliphatic heterocycles. The first-order valence-electron chi connectivity index (χ1n) is 7.80. The standard InChI is InChI=1S/C18H20N2O/c1-2-5-14(6-3-1)18-10-9-17(11-19-18)21-13-16-12-20(16)15-7-4-8-15/h1-3,5-6,9-11,15-16H,4,7-8,12-13H2. The minimum atomic E-state index is 0.629. The SMILES string of the molecule is c1ccc(-c2ccc(OCC3CN3C3CCC3)cn2)cc1. The largest absolute Gasteiger partial charge is 0.490 e. The lowest BCUT2D eigenvalue weighted by Crippen LogP contribution is -2.29. The fourth-order valence-corrected chi connectivity index (χ4v) is 2.95. The summed E-state index contributed by atoms with van der Waals surface area (Å²) < 4.78 is 5.87. The van der Waals surface area contributed by atoms with Gasteiger partial charge in [0.15, 0.2) is 0 Å². The van der Waals surface area contributed by atoms with Gasteiger partial charge in [-0.3, -0.25) is 9.88 Å². The van der Waals surface area contributed by atoms with Gasteiger partial charge in [0.2, 0.25) is 0 Å². The number of benzene rings is 1. The van der Waals surface area contributed by atoms with Gasteiger partial charge in [0.25, 0.3) is 0 Å². The summed E-state index contributed by atoms with van der Waals surface area (Å²) in [5.41, 5.74) is 2.13. The van der Waals surface area contributed by atoms with Gasteiger partial charge in [0.05, 0.1) is 17.9 Å². The maximum atomic E-state index is 5.87. The third-order valence-corrected chi connectivity index (χ3v) is 4.55. The van der Waals surface area contributed by atoms with Gasteiger partial charge in [0.1, 0.15) is 12.4 Å². The lowest BCUT2D eigenvalue weighted by molar-refractivity contribution is 0.215. The van der Waals surface area contributed by atoms with Crippen LogP contribution in [-0.4, -0.2) is 35.1 Å². The van der Waals surface area contributed by atoms with E-state index in [2.05, 4.69) is 22.0 Å². The van der Waals surface area contributed by atoms with Crippen molar-refractivity contribution in [3.63, 3.8) is 0 Å². The first-order chi connectivity index (χ1) is 10.4. The predicted octanol–water partition coefficient (Wildman–Crippen LogP) is 3.36. The Balaban J connectivity index is 1.32. The van der Waals surface area contributed by atoms with Crippen molar-refractivity contribution in [2.75, 3.05) is 13.2 Å². The maximum absolute atomic E-state index is 5.87. The molecule has 0 amide bonds. The van der Waals surface area contributed by atoms with Gasteiger partial charge in [-0.2, -0.15) is 0 Å². The second-order valence-corrected chi connectivity index (χ2v) is 5.99. The van der Waals surface area contributed by atoms with Gasteiger partial charge < -0.3 is 4.74 Å². The van der Waals surface area contributed by atoms with E-state index in [9.17, 15) is 0 Å². The highest BCUT2D eigenvalue weighted by atomic mass is 16.5. The summed E-state index contributed by atoms with van der Waals surface area (Å²) in [5, 5.41) is 0. The molecule has 1 aromatic carbocycles. The van der Waals surface area contributed by atoms with Crippen LogP contribution in [0.2, 0.25) is 0 Å². The van der Waals surface area contributed by atoms with Crippen molar-refractivity contribution in [1.82, 2.24) is 9.88 Å². The quantitative estimate of drug-likeness (QED) is 0.785. The molecule has 108 valence electrons. The highest BCUT2D eigenvalue weighted by Crippen LogP contribution is 2.33. The van der Waals surface area contributed by atoms with Gasteiger partial charge in [-0.1, -0.05) is 36.8 Å². The first kappa shape index (κ1) is 12.8. The van der Waals surface area contributed by atoms with E-state index >= 15 is 0 Å². The van der Waals surface area contributed by atoms with Crippen molar-refractivity contribution in [2.24, 2.45) is 0 Å². The van der Waals surface area contributed by atoms with Crippen LogP contribution in [0.3, 0.4) is 0 Å². The summed E-state index contributed by atoms with van der Waals surface area (Å²) in [6.07, 6.45) is 5.99. The lowest BCUT2D eigenvalue weighted by Gasteiger charge is -2.27. The molecule has 2 aliphatic rings. The smallest absolute Gasteiger partial charge is 0.137 e. The van der Waals surface area contributed by atoms with Crippen LogP contribution in [0.4, 0.5) is 0 Å². The summed E-state index contributed by atoms with van der Waals surface area (Å²) in [4.78, 5) is 7.05. The summed E-state index contributed by atoms with van der Waals surface area (Å²) in [7, 11) is 0. The molecule has 1 saturated carbocycles. The van der Waals surface area contributed by atoms with Crippen LogP contribution >= 0.6 is 0 Å². The van der Waals surface area contributed by atoms with E-state index in [0.717, 1.165) is 29.7 Å². The molecule has 2 heterocycles. The van der Waals surface area contributed by atoms with Crippen molar-refractivity contribution in [1.29, 1.82) is 0 Å². The van der Waals surface area contributed by atoms with E-state index < -0.39 is 0 Å². The van der Waals surface area contributed by atoms with E-state index in [1.807, 2.05) is 36.5 Å². The molecule has 3 nitrogen and oxygen atoms in total. The monoisotopic (exact) mass is 280 g/mol. The molecule has 1 aliphatic carbocycles. The van der Waals surface area contributed by atoms with Crippen molar-refractivity contribution >= 4 is 0 Å². The Morgan fingerprint density at radius 3 is 2.62 bits per heavy atom. The number of hydrogen-bond acceptors (Lipinski definition) is 3. The molecule has 0 spiro atoms. The summed E-state index contributed by atoms with van der Waals surface area (Å²) >= 11 is 0. The molecule has 2 aromatic rings. The zero-order valence-electron chi connectivity index (χ0n) is 12.1. The minimum absolute atomic E-state index is 0.629. The molecule has 0 N–H and O–H groups in total. The topological polar surface area (TPSA) is 25.1 Å². The Kier molecular flexibility index (Phi) is 3.36. The summed E-state index contributed by atoms with van der Waals surface area (Å²) in [5.74, 6) is 0.871. The Morgan fingerprint density at radius 2 is 1.95 bits per heavy atom. The molecule has 2 fully saturated rings. The molecule has 2 unspecified atom stereocenters. The Morgan fingerprint density at radius 1 is 1.10 bits per heavy atom. The Hall–Kier alpha value is -1.87. The van der Waals surface area contributed by atoms with Crippen LogP contribution in [0.25, 0.3) is 11.3 Å². The van der Waals surface area contributed by atoms with Crippen molar-refractivity contribution in [2.45, 2.75) is 31.3 Å². The normalized spacial score (nSPS) is 24.4. The lowest BCUT2D eigenvalue weighted by atomic mass is 9.93. The molecule has 1 aromatic heterocycles. The average Bonchev–Trinajstić information content (AvgIpc) is 3.24. The number of aromatic nitrogens is 1. The number of nitrogens with zero attached hydrogens (tertiary/aromatic N) is 2. The van der Waals surface area contributed by atoms with Crippen LogP contribution in [0.1, 0.15) is 19.3 Å². The minimum Gasteiger partial charge on any atom is -0.490 e. The van der Waals surface area contributed by atoms with E-state index in [1.165, 1.54) is 25.8 Å². The van der Waals surface area contributed by atoms with Gasteiger partial charge >= 0.3 is 0 Å². The maximum Gasteiger partial charge on any atom is 0.137 e. The number of pyridine rings is 1. The van der Waals surface area contributed by atoms with Crippen molar-refractivity contribution < 1.29 is 4.74 Å². The zero-order chi connectivity index (χ0) is 14.1. The van der Waals surface area contributed by atoms with Gasteiger partial charge in [0, 0.05) is 18.2 Å². The zero-order valence-corrected chi connectivity index (χ0v) is 12.1. The second kappa shape index (κ2) is 5.49. The molecule has 3 heteroatoms. The second-order valence-electron chi connectivity index (χ2n) is 5.99. The number of ether oxygens (including phenoxy) is 1. The predicted molar refractivity (Wildman–Crippen MR) is 83.3 cm³/mol. The average molecular weight is 280 g/mol.